The Morgan fingerprint density at radius 2 is 1.52 bits per heavy atom. The average molecular weight is 355 g/mol. The van der Waals surface area contributed by atoms with Crippen LogP contribution in [0, 0.1) is 0 Å². The second-order valence-electron chi connectivity index (χ2n) is 6.70. The smallest absolute Gasteiger partial charge is 0.309 e. The maximum atomic E-state index is 13.2. The second kappa shape index (κ2) is 5.99. The van der Waals surface area contributed by atoms with Crippen LogP contribution < -0.4 is 5.69 Å². The number of imidazole rings is 1. The predicted molar refractivity (Wildman–Crippen MR) is 103 cm³/mol. The van der Waals surface area contributed by atoms with Gasteiger partial charge in [0.05, 0.1) is 11.0 Å². The zero-order valence-electron chi connectivity index (χ0n) is 14.5. The number of hydrogen-bond acceptors (Lipinski definition) is 2. The van der Waals surface area contributed by atoms with Gasteiger partial charge in [0.1, 0.15) is 6.17 Å². The van der Waals surface area contributed by atoms with Crippen molar-refractivity contribution < 1.29 is 4.79 Å². The number of amides is 1. The van der Waals surface area contributed by atoms with Gasteiger partial charge >= 0.3 is 5.69 Å². The molecule has 5 nitrogen and oxygen atoms in total. The SMILES string of the molecule is O=C1c2ccccc2C(n2c(=O)[nH]c3ccccc32)N1Cc1ccccc1. The van der Waals surface area contributed by atoms with E-state index < -0.39 is 6.17 Å². The average Bonchev–Trinajstić information content (AvgIpc) is 3.17. The van der Waals surface area contributed by atoms with E-state index in [2.05, 4.69) is 4.98 Å². The van der Waals surface area contributed by atoms with Crippen molar-refractivity contribution >= 4 is 16.9 Å². The molecule has 5 rings (SSSR count). The first-order valence-corrected chi connectivity index (χ1v) is 8.87. The van der Waals surface area contributed by atoms with Crippen molar-refractivity contribution in [3.8, 4) is 0 Å². The molecule has 4 aromatic rings. The van der Waals surface area contributed by atoms with Crippen LogP contribution in [0.4, 0.5) is 0 Å². The number of aromatic amines is 1. The van der Waals surface area contributed by atoms with E-state index in [1.54, 1.807) is 9.47 Å². The van der Waals surface area contributed by atoms with Crippen molar-refractivity contribution in [3.05, 3.63) is 106 Å². The highest BCUT2D eigenvalue weighted by Crippen LogP contribution is 2.36. The molecule has 0 aliphatic carbocycles. The van der Waals surface area contributed by atoms with E-state index in [1.165, 1.54) is 0 Å². The van der Waals surface area contributed by atoms with E-state index in [4.69, 9.17) is 0 Å². The van der Waals surface area contributed by atoms with Crippen LogP contribution in [0.3, 0.4) is 0 Å². The molecule has 0 saturated heterocycles. The van der Waals surface area contributed by atoms with Crippen LogP contribution in [0.5, 0.6) is 0 Å². The largest absolute Gasteiger partial charge is 0.328 e. The fraction of sp³-hybridized carbons (Fsp3) is 0.0909. The van der Waals surface area contributed by atoms with Crippen molar-refractivity contribution in [2.75, 3.05) is 0 Å². The molecule has 1 amide bonds. The highest BCUT2D eigenvalue weighted by molar-refractivity contribution is 5.99. The van der Waals surface area contributed by atoms with E-state index in [1.807, 2.05) is 78.9 Å². The Labute approximate surface area is 155 Å². The summed E-state index contributed by atoms with van der Waals surface area (Å²) in [6.45, 7) is 0.435. The Kier molecular flexibility index (Phi) is 3.47. The Morgan fingerprint density at radius 1 is 0.815 bits per heavy atom. The number of rotatable bonds is 3. The van der Waals surface area contributed by atoms with Gasteiger partial charge < -0.3 is 9.88 Å². The summed E-state index contributed by atoms with van der Waals surface area (Å²) in [6.07, 6.45) is -0.474. The molecule has 0 fully saturated rings. The lowest BCUT2D eigenvalue weighted by atomic mass is 10.1. The monoisotopic (exact) mass is 355 g/mol. The lowest BCUT2D eigenvalue weighted by Crippen LogP contribution is -2.35. The second-order valence-corrected chi connectivity index (χ2v) is 6.70. The number of aromatic nitrogens is 2. The first kappa shape index (κ1) is 15.6. The lowest BCUT2D eigenvalue weighted by molar-refractivity contribution is 0.0684. The normalized spacial score (nSPS) is 16.1. The molecule has 1 N–H and O–H groups in total. The van der Waals surface area contributed by atoms with Crippen LogP contribution in [0.15, 0.2) is 83.7 Å². The molecule has 5 heteroatoms. The van der Waals surface area contributed by atoms with Crippen LogP contribution in [0.25, 0.3) is 11.0 Å². The number of carbonyl (C=O) groups excluding carboxylic acids is 1. The lowest BCUT2D eigenvalue weighted by Gasteiger charge is -2.26. The molecule has 0 radical (unpaired) electrons. The fourth-order valence-electron chi connectivity index (χ4n) is 3.88. The van der Waals surface area contributed by atoms with Gasteiger partial charge in [0, 0.05) is 17.7 Å². The van der Waals surface area contributed by atoms with Gasteiger partial charge in [0.15, 0.2) is 0 Å². The minimum Gasteiger partial charge on any atom is -0.309 e. The Bertz CT molecular complexity index is 1210. The Hall–Kier alpha value is -3.60. The summed E-state index contributed by atoms with van der Waals surface area (Å²) in [6, 6.07) is 24.9. The molecule has 2 heterocycles. The van der Waals surface area contributed by atoms with Crippen molar-refractivity contribution in [1.29, 1.82) is 0 Å². The summed E-state index contributed by atoms with van der Waals surface area (Å²) >= 11 is 0. The molecular formula is C22H17N3O2. The highest BCUT2D eigenvalue weighted by atomic mass is 16.2. The third-order valence-corrected chi connectivity index (χ3v) is 5.09. The van der Waals surface area contributed by atoms with E-state index in [-0.39, 0.29) is 11.6 Å². The standard InChI is InChI=1S/C22H17N3O2/c26-21-17-11-5-4-10-16(17)20(24(21)14-15-8-2-1-3-9-15)25-19-13-7-6-12-18(19)23-22(25)27/h1-13,20H,14H2,(H,23,27). The number of para-hydroxylation sites is 2. The summed E-state index contributed by atoms with van der Waals surface area (Å²) in [7, 11) is 0. The summed E-state index contributed by atoms with van der Waals surface area (Å²) in [5.41, 5.74) is 3.86. The number of benzene rings is 3. The van der Waals surface area contributed by atoms with Crippen LogP contribution in [-0.4, -0.2) is 20.4 Å². The summed E-state index contributed by atoms with van der Waals surface area (Å²) in [4.78, 5) is 30.6. The first-order valence-electron chi connectivity index (χ1n) is 8.87. The van der Waals surface area contributed by atoms with Crippen LogP contribution in [0.2, 0.25) is 0 Å². The Morgan fingerprint density at radius 3 is 2.37 bits per heavy atom. The molecule has 1 unspecified atom stereocenters. The zero-order chi connectivity index (χ0) is 18.4. The number of H-pyrrole nitrogens is 1. The fourth-order valence-corrected chi connectivity index (χ4v) is 3.88. The molecule has 1 atom stereocenters. The van der Waals surface area contributed by atoms with Gasteiger partial charge in [-0.05, 0) is 23.8 Å². The quantitative estimate of drug-likeness (QED) is 0.611. The number of fused-ring (bicyclic) bond motifs is 2. The third kappa shape index (κ3) is 2.39. The number of nitrogens with zero attached hydrogens (tertiary/aromatic N) is 2. The number of nitrogens with one attached hydrogen (secondary N) is 1. The maximum absolute atomic E-state index is 13.2. The number of hydrogen-bond donors (Lipinski definition) is 1. The molecular weight excluding hydrogens is 338 g/mol. The molecule has 3 aromatic carbocycles. The van der Waals surface area contributed by atoms with Gasteiger partial charge in [0.25, 0.3) is 5.91 Å². The summed E-state index contributed by atoms with van der Waals surface area (Å²) < 4.78 is 1.68. The third-order valence-electron chi connectivity index (χ3n) is 5.09. The molecule has 0 spiro atoms. The molecule has 1 aliphatic heterocycles. The molecule has 0 saturated carbocycles. The van der Waals surface area contributed by atoms with E-state index >= 15 is 0 Å². The van der Waals surface area contributed by atoms with E-state index in [9.17, 15) is 9.59 Å². The van der Waals surface area contributed by atoms with Crippen molar-refractivity contribution in [2.45, 2.75) is 12.7 Å². The topological polar surface area (TPSA) is 58.1 Å². The molecule has 1 aromatic heterocycles. The van der Waals surface area contributed by atoms with Crippen molar-refractivity contribution in [2.24, 2.45) is 0 Å². The first-order chi connectivity index (χ1) is 13.2. The van der Waals surface area contributed by atoms with Gasteiger partial charge in [0.2, 0.25) is 0 Å². The summed E-state index contributed by atoms with van der Waals surface area (Å²) in [5.74, 6) is -0.0587. The predicted octanol–water partition coefficient (Wildman–Crippen LogP) is 3.53. The van der Waals surface area contributed by atoms with Crippen molar-refractivity contribution in [3.63, 3.8) is 0 Å². The molecule has 1 aliphatic rings. The van der Waals surface area contributed by atoms with Gasteiger partial charge in [-0.1, -0.05) is 60.7 Å². The van der Waals surface area contributed by atoms with Crippen LogP contribution >= 0.6 is 0 Å². The minimum atomic E-state index is -0.474. The van der Waals surface area contributed by atoms with E-state index in [0.717, 1.165) is 22.2 Å². The Balaban J connectivity index is 1.72. The zero-order valence-corrected chi connectivity index (χ0v) is 14.5. The number of carbonyl (C=O) groups is 1. The summed E-state index contributed by atoms with van der Waals surface area (Å²) in [5, 5.41) is 0. The molecule has 27 heavy (non-hydrogen) atoms. The minimum absolute atomic E-state index is 0.0587. The van der Waals surface area contributed by atoms with Crippen LogP contribution in [-0.2, 0) is 6.54 Å². The highest BCUT2D eigenvalue weighted by Gasteiger charge is 2.39. The van der Waals surface area contributed by atoms with Crippen molar-refractivity contribution in [1.82, 2.24) is 14.5 Å². The van der Waals surface area contributed by atoms with Gasteiger partial charge in [-0.3, -0.25) is 9.36 Å². The van der Waals surface area contributed by atoms with Gasteiger partial charge in [-0.15, -0.1) is 0 Å². The van der Waals surface area contributed by atoms with Gasteiger partial charge in [-0.25, -0.2) is 4.79 Å². The maximum Gasteiger partial charge on any atom is 0.328 e. The molecule has 0 bridgehead atoms. The van der Waals surface area contributed by atoms with E-state index in [0.29, 0.717) is 12.1 Å². The molecule has 132 valence electrons. The van der Waals surface area contributed by atoms with Crippen LogP contribution in [0.1, 0.15) is 27.7 Å². The van der Waals surface area contributed by atoms with Gasteiger partial charge in [-0.2, -0.15) is 0 Å².